The first kappa shape index (κ1) is 15.5. The minimum Gasteiger partial charge on any atom is -0.329 e. The van der Waals surface area contributed by atoms with Gasteiger partial charge < -0.3 is 10.6 Å². The Kier molecular flexibility index (Phi) is 4.69. The molecule has 116 valence electrons. The van der Waals surface area contributed by atoms with Gasteiger partial charge in [-0.25, -0.2) is 0 Å². The highest BCUT2D eigenvalue weighted by Crippen LogP contribution is 2.34. The fraction of sp³-hybridized carbons (Fsp3) is 0.647. The Balaban J connectivity index is 1.78. The van der Waals surface area contributed by atoms with Crippen molar-refractivity contribution in [3.8, 4) is 0 Å². The molecule has 0 amide bonds. The van der Waals surface area contributed by atoms with Gasteiger partial charge in [-0.15, -0.1) is 0 Å². The molecule has 0 bridgehead atoms. The summed E-state index contributed by atoms with van der Waals surface area (Å²) >= 11 is 3.59. The molecule has 1 atom stereocenters. The van der Waals surface area contributed by atoms with Crippen molar-refractivity contribution in [3.63, 3.8) is 0 Å². The summed E-state index contributed by atoms with van der Waals surface area (Å²) in [6.07, 6.45) is 3.46. The summed E-state index contributed by atoms with van der Waals surface area (Å²) in [5.74, 6) is 0. The highest BCUT2D eigenvalue weighted by atomic mass is 79.9. The zero-order chi connectivity index (χ0) is 14.9. The molecule has 0 spiro atoms. The molecule has 3 nitrogen and oxygen atoms in total. The molecule has 1 aliphatic carbocycles. The number of rotatable bonds is 3. The number of piperazine rings is 1. The smallest absolute Gasteiger partial charge is 0.0376 e. The van der Waals surface area contributed by atoms with Crippen LogP contribution in [0.1, 0.15) is 24.5 Å². The largest absolute Gasteiger partial charge is 0.329 e. The second kappa shape index (κ2) is 6.37. The molecule has 2 N–H and O–H groups in total. The van der Waals surface area contributed by atoms with E-state index in [0.717, 1.165) is 32.5 Å². The maximum Gasteiger partial charge on any atom is 0.0376 e. The molecule has 21 heavy (non-hydrogen) atoms. The molecule has 0 saturated carbocycles. The van der Waals surface area contributed by atoms with Gasteiger partial charge in [0.2, 0.25) is 0 Å². The first-order valence-corrected chi connectivity index (χ1v) is 8.91. The van der Waals surface area contributed by atoms with Gasteiger partial charge in [0.25, 0.3) is 0 Å². The molecule has 4 heteroatoms. The van der Waals surface area contributed by atoms with E-state index in [9.17, 15) is 0 Å². The molecule has 1 fully saturated rings. The maximum absolute atomic E-state index is 6.26. The lowest BCUT2D eigenvalue weighted by atomic mass is 9.76. The van der Waals surface area contributed by atoms with Crippen LogP contribution < -0.4 is 5.73 Å². The van der Waals surface area contributed by atoms with Crippen LogP contribution in [0.3, 0.4) is 0 Å². The van der Waals surface area contributed by atoms with Crippen LogP contribution in [0.4, 0.5) is 0 Å². The van der Waals surface area contributed by atoms with Crippen LogP contribution in [0.5, 0.6) is 0 Å². The molecule has 1 unspecified atom stereocenters. The van der Waals surface area contributed by atoms with E-state index in [1.807, 2.05) is 0 Å². The Bertz CT molecular complexity index is 497. The number of likely N-dealkylation sites (N-methyl/N-ethyl adjacent to an activating group) is 1. The van der Waals surface area contributed by atoms with Gasteiger partial charge in [0.1, 0.15) is 0 Å². The van der Waals surface area contributed by atoms with Gasteiger partial charge in [0, 0.05) is 42.7 Å². The predicted molar refractivity (Wildman–Crippen MR) is 91.6 cm³/mol. The molecule has 1 saturated heterocycles. The topological polar surface area (TPSA) is 32.5 Å². The fourth-order valence-corrected chi connectivity index (χ4v) is 4.33. The summed E-state index contributed by atoms with van der Waals surface area (Å²) in [7, 11) is 0. The maximum atomic E-state index is 6.26. The first-order valence-electron chi connectivity index (χ1n) is 8.11. The van der Waals surface area contributed by atoms with E-state index in [4.69, 9.17) is 5.73 Å². The van der Waals surface area contributed by atoms with Gasteiger partial charge in [-0.05, 0) is 49.1 Å². The monoisotopic (exact) mass is 351 g/mol. The van der Waals surface area contributed by atoms with E-state index in [2.05, 4.69) is 50.9 Å². The molecule has 2 aliphatic rings. The van der Waals surface area contributed by atoms with E-state index in [1.54, 1.807) is 0 Å². The van der Waals surface area contributed by atoms with Crippen LogP contribution in [0, 0.1) is 0 Å². The third-order valence-electron chi connectivity index (χ3n) is 5.42. The Morgan fingerprint density at radius 2 is 1.95 bits per heavy atom. The van der Waals surface area contributed by atoms with Crippen LogP contribution in [-0.2, 0) is 12.8 Å². The quantitative estimate of drug-likeness (QED) is 0.906. The molecule has 0 radical (unpaired) electrons. The summed E-state index contributed by atoms with van der Waals surface area (Å²) in [5, 5.41) is 0. The number of halogens is 1. The number of hydrogen-bond donors (Lipinski definition) is 1. The van der Waals surface area contributed by atoms with E-state index < -0.39 is 0 Å². The zero-order valence-corrected chi connectivity index (χ0v) is 14.5. The van der Waals surface area contributed by atoms with Crippen molar-refractivity contribution in [1.29, 1.82) is 0 Å². The Morgan fingerprint density at radius 3 is 2.62 bits per heavy atom. The van der Waals surface area contributed by atoms with Crippen LogP contribution in [0.15, 0.2) is 22.7 Å². The molecule has 1 heterocycles. The number of benzene rings is 1. The second-order valence-corrected chi connectivity index (χ2v) is 7.36. The Hall–Kier alpha value is -0.420. The van der Waals surface area contributed by atoms with E-state index in [-0.39, 0.29) is 5.54 Å². The van der Waals surface area contributed by atoms with Gasteiger partial charge >= 0.3 is 0 Å². The summed E-state index contributed by atoms with van der Waals surface area (Å²) in [6.45, 7) is 8.89. The summed E-state index contributed by atoms with van der Waals surface area (Å²) in [4.78, 5) is 5.21. The van der Waals surface area contributed by atoms with Crippen LogP contribution in [0.25, 0.3) is 0 Å². The molecular weight excluding hydrogens is 326 g/mol. The third kappa shape index (κ3) is 3.04. The van der Waals surface area contributed by atoms with Gasteiger partial charge in [-0.1, -0.05) is 28.9 Å². The van der Waals surface area contributed by atoms with Crippen molar-refractivity contribution in [2.45, 2.75) is 31.7 Å². The fourth-order valence-electron chi connectivity index (χ4n) is 3.92. The Labute approximate surface area is 136 Å². The van der Waals surface area contributed by atoms with Gasteiger partial charge in [0.15, 0.2) is 0 Å². The lowest BCUT2D eigenvalue weighted by Gasteiger charge is -2.49. The van der Waals surface area contributed by atoms with Crippen molar-refractivity contribution in [2.24, 2.45) is 5.73 Å². The van der Waals surface area contributed by atoms with Crippen LogP contribution in [-0.4, -0.2) is 54.6 Å². The number of nitrogens with two attached hydrogens (primary N) is 1. The normalized spacial score (nSPS) is 27.6. The Morgan fingerprint density at radius 1 is 1.19 bits per heavy atom. The van der Waals surface area contributed by atoms with E-state index in [1.165, 1.54) is 41.7 Å². The SMILES string of the molecule is CCN1CCN(C2(CN)CCc3cc(Br)ccc3C2)CC1. The van der Waals surface area contributed by atoms with E-state index >= 15 is 0 Å². The van der Waals surface area contributed by atoms with Crippen molar-refractivity contribution in [1.82, 2.24) is 9.80 Å². The number of nitrogens with zero attached hydrogens (tertiary/aromatic N) is 2. The third-order valence-corrected chi connectivity index (χ3v) is 5.91. The molecule has 3 rings (SSSR count). The van der Waals surface area contributed by atoms with Crippen molar-refractivity contribution in [2.75, 3.05) is 39.3 Å². The average molecular weight is 352 g/mol. The van der Waals surface area contributed by atoms with Crippen molar-refractivity contribution in [3.05, 3.63) is 33.8 Å². The van der Waals surface area contributed by atoms with Crippen LogP contribution in [0.2, 0.25) is 0 Å². The minimum absolute atomic E-state index is 0.181. The molecule has 0 aromatic heterocycles. The average Bonchev–Trinajstić information content (AvgIpc) is 2.54. The molecular formula is C17H26BrN3. The van der Waals surface area contributed by atoms with Gasteiger partial charge in [-0.2, -0.15) is 0 Å². The lowest BCUT2D eigenvalue weighted by molar-refractivity contribution is 0.0288. The molecule has 1 aromatic carbocycles. The predicted octanol–water partition coefficient (Wildman–Crippen LogP) is 2.27. The highest BCUT2D eigenvalue weighted by Gasteiger charge is 2.39. The van der Waals surface area contributed by atoms with Crippen LogP contribution >= 0.6 is 15.9 Å². The molecule has 1 aromatic rings. The van der Waals surface area contributed by atoms with Crippen molar-refractivity contribution < 1.29 is 0 Å². The molecule has 1 aliphatic heterocycles. The van der Waals surface area contributed by atoms with E-state index in [0.29, 0.717) is 0 Å². The number of aryl methyl sites for hydroxylation is 1. The van der Waals surface area contributed by atoms with Gasteiger partial charge in [-0.3, -0.25) is 4.90 Å². The zero-order valence-electron chi connectivity index (χ0n) is 12.9. The lowest BCUT2D eigenvalue weighted by Crippen LogP contribution is -2.62. The number of fused-ring (bicyclic) bond motifs is 1. The first-order chi connectivity index (χ1) is 10.2. The van der Waals surface area contributed by atoms with Crippen molar-refractivity contribution >= 4 is 15.9 Å². The standard InChI is InChI=1S/C17H26BrN3/c1-2-20-7-9-21(10-8-20)17(13-19)6-5-14-11-16(18)4-3-15(14)12-17/h3-4,11H,2,5-10,12-13,19H2,1H3. The second-order valence-electron chi connectivity index (χ2n) is 6.44. The van der Waals surface area contributed by atoms with Gasteiger partial charge in [0.05, 0.1) is 0 Å². The number of hydrogen-bond acceptors (Lipinski definition) is 3. The minimum atomic E-state index is 0.181. The summed E-state index contributed by atoms with van der Waals surface area (Å²) in [5.41, 5.74) is 9.43. The highest BCUT2D eigenvalue weighted by molar-refractivity contribution is 9.10. The summed E-state index contributed by atoms with van der Waals surface area (Å²) < 4.78 is 1.19. The summed E-state index contributed by atoms with van der Waals surface area (Å²) in [6, 6.07) is 6.73.